The lowest BCUT2D eigenvalue weighted by atomic mass is 9.98. The topological polar surface area (TPSA) is 69.0 Å². The Morgan fingerprint density at radius 3 is 2.81 bits per heavy atom. The van der Waals surface area contributed by atoms with Gasteiger partial charge in [-0.25, -0.2) is 9.67 Å². The Hall–Kier alpha value is -2.81. The molecular formula is C29H34N4O2SSi. The van der Waals surface area contributed by atoms with E-state index >= 15 is 0 Å². The molecule has 2 aliphatic rings. The minimum absolute atomic E-state index is 0.164. The monoisotopic (exact) mass is 530 g/mol. The van der Waals surface area contributed by atoms with Crippen LogP contribution in [0.25, 0.3) is 22.0 Å². The molecule has 6 nitrogen and oxygen atoms in total. The molecule has 6 rings (SSSR count). The van der Waals surface area contributed by atoms with Crippen molar-refractivity contribution >= 4 is 41.9 Å². The van der Waals surface area contributed by atoms with Crippen LogP contribution in [-0.4, -0.2) is 35.4 Å². The van der Waals surface area contributed by atoms with Crippen molar-refractivity contribution in [2.45, 2.75) is 70.4 Å². The van der Waals surface area contributed by atoms with Crippen LogP contribution >= 0.6 is 11.3 Å². The summed E-state index contributed by atoms with van der Waals surface area (Å²) in [5.41, 5.74) is 7.20. The Balaban J connectivity index is 1.32. The van der Waals surface area contributed by atoms with E-state index in [1.165, 1.54) is 30.4 Å². The summed E-state index contributed by atoms with van der Waals surface area (Å²) in [5.74, 6) is 0.377. The third-order valence-corrected chi connectivity index (χ3v) is 10.0. The maximum atomic E-state index is 13.3. The molecule has 1 saturated carbocycles. The summed E-state index contributed by atoms with van der Waals surface area (Å²) >= 11 is 1.59. The highest BCUT2D eigenvalue weighted by molar-refractivity contribution is 7.10. The number of aromatic nitrogens is 3. The lowest BCUT2D eigenvalue weighted by Gasteiger charge is -2.16. The number of thiazole rings is 1. The summed E-state index contributed by atoms with van der Waals surface area (Å²) in [7, 11) is -1.15. The van der Waals surface area contributed by atoms with Crippen molar-refractivity contribution in [3.8, 4) is 11.1 Å². The van der Waals surface area contributed by atoms with Crippen LogP contribution < -0.4 is 5.32 Å². The second-order valence-electron chi connectivity index (χ2n) is 11.6. The molecule has 2 aliphatic carbocycles. The number of anilines is 1. The summed E-state index contributed by atoms with van der Waals surface area (Å²) in [6, 6.07) is 12.0. The predicted octanol–water partition coefficient (Wildman–Crippen LogP) is 7.09. The number of aryl methyl sites for hydroxylation is 2. The van der Waals surface area contributed by atoms with Crippen molar-refractivity contribution in [1.82, 2.24) is 14.8 Å². The van der Waals surface area contributed by atoms with Crippen LogP contribution in [0.2, 0.25) is 25.7 Å². The normalized spacial score (nSPS) is 15.3. The molecule has 0 unspecified atom stereocenters. The van der Waals surface area contributed by atoms with E-state index in [1.54, 1.807) is 11.3 Å². The number of fused-ring (bicyclic) bond motifs is 2. The van der Waals surface area contributed by atoms with E-state index < -0.39 is 8.07 Å². The number of amides is 1. The van der Waals surface area contributed by atoms with Gasteiger partial charge < -0.3 is 10.1 Å². The first kappa shape index (κ1) is 24.5. The van der Waals surface area contributed by atoms with Crippen LogP contribution in [0.1, 0.15) is 51.8 Å². The van der Waals surface area contributed by atoms with E-state index in [0.717, 1.165) is 58.2 Å². The Kier molecular flexibility index (Phi) is 6.50. The zero-order valence-corrected chi connectivity index (χ0v) is 23.7. The lowest BCUT2D eigenvalue weighted by Crippen LogP contribution is -2.22. The van der Waals surface area contributed by atoms with Crippen molar-refractivity contribution in [2.75, 3.05) is 11.9 Å². The second kappa shape index (κ2) is 9.81. The lowest BCUT2D eigenvalue weighted by molar-refractivity contribution is 0.0817. The molecule has 1 fully saturated rings. The number of rotatable bonds is 9. The number of carbonyl (C=O) groups is 1. The third-order valence-electron chi connectivity index (χ3n) is 7.33. The Morgan fingerprint density at radius 2 is 2.00 bits per heavy atom. The summed E-state index contributed by atoms with van der Waals surface area (Å²) < 4.78 is 7.87. The van der Waals surface area contributed by atoms with Gasteiger partial charge in [-0.1, -0.05) is 37.8 Å². The van der Waals surface area contributed by atoms with Gasteiger partial charge in [0.15, 0.2) is 0 Å². The number of ether oxygens (including phenoxy) is 1. The fraction of sp³-hybridized carbons (Fsp3) is 0.414. The SMILES string of the molecule is C[Si](C)(C)CCOCn1ncc2cc(-c3ccc4c(c3)CCC4)c(NC(=O)c3csc(C4CC4)n3)cc21. The van der Waals surface area contributed by atoms with E-state index in [9.17, 15) is 4.79 Å². The van der Waals surface area contributed by atoms with Crippen LogP contribution in [0.4, 0.5) is 5.69 Å². The highest BCUT2D eigenvalue weighted by atomic mass is 32.1. The molecule has 192 valence electrons. The molecule has 1 amide bonds. The van der Waals surface area contributed by atoms with Crippen LogP contribution in [0.3, 0.4) is 0 Å². The number of nitrogens with zero attached hydrogens (tertiary/aromatic N) is 3. The maximum absolute atomic E-state index is 13.3. The quantitative estimate of drug-likeness (QED) is 0.185. The van der Waals surface area contributed by atoms with Gasteiger partial charge in [-0.2, -0.15) is 5.10 Å². The van der Waals surface area contributed by atoms with Crippen molar-refractivity contribution in [1.29, 1.82) is 0 Å². The number of hydrogen-bond acceptors (Lipinski definition) is 5. The fourth-order valence-electron chi connectivity index (χ4n) is 4.94. The Morgan fingerprint density at radius 1 is 1.16 bits per heavy atom. The molecule has 4 aromatic rings. The smallest absolute Gasteiger partial charge is 0.275 e. The minimum Gasteiger partial charge on any atom is -0.360 e. The van der Waals surface area contributed by atoms with Gasteiger partial charge in [0.25, 0.3) is 5.91 Å². The first-order valence-electron chi connectivity index (χ1n) is 13.3. The number of hydrogen-bond donors (Lipinski definition) is 1. The molecule has 0 saturated heterocycles. The number of benzene rings is 2. The molecule has 0 aliphatic heterocycles. The van der Waals surface area contributed by atoms with Gasteiger partial charge >= 0.3 is 0 Å². The molecule has 0 atom stereocenters. The van der Waals surface area contributed by atoms with Crippen LogP contribution in [0.15, 0.2) is 41.9 Å². The average molecular weight is 531 g/mol. The number of nitrogens with one attached hydrogen (secondary N) is 1. The molecule has 1 N–H and O–H groups in total. The van der Waals surface area contributed by atoms with E-state index in [0.29, 0.717) is 18.3 Å². The summed E-state index contributed by atoms with van der Waals surface area (Å²) in [5, 5.41) is 11.8. The highest BCUT2D eigenvalue weighted by Crippen LogP contribution is 2.41. The molecule has 0 bridgehead atoms. The molecule has 37 heavy (non-hydrogen) atoms. The first-order chi connectivity index (χ1) is 17.8. The van der Waals surface area contributed by atoms with Crippen molar-refractivity contribution in [3.05, 3.63) is 63.7 Å². The molecular weight excluding hydrogens is 496 g/mol. The molecule has 2 aromatic heterocycles. The summed E-state index contributed by atoms with van der Waals surface area (Å²) in [6.45, 7) is 8.19. The van der Waals surface area contributed by atoms with Crippen molar-refractivity contribution < 1.29 is 9.53 Å². The van der Waals surface area contributed by atoms with Crippen molar-refractivity contribution in [3.63, 3.8) is 0 Å². The zero-order chi connectivity index (χ0) is 25.6. The van der Waals surface area contributed by atoms with E-state index in [-0.39, 0.29) is 5.91 Å². The van der Waals surface area contributed by atoms with E-state index in [4.69, 9.17) is 4.74 Å². The third kappa shape index (κ3) is 5.42. The number of carbonyl (C=O) groups excluding carboxylic acids is 1. The van der Waals surface area contributed by atoms with Gasteiger partial charge in [-0.3, -0.25) is 4.79 Å². The summed E-state index contributed by atoms with van der Waals surface area (Å²) in [4.78, 5) is 17.9. The van der Waals surface area contributed by atoms with Gasteiger partial charge in [0.05, 0.1) is 22.4 Å². The second-order valence-corrected chi connectivity index (χ2v) is 18.1. The first-order valence-corrected chi connectivity index (χ1v) is 17.9. The molecule has 8 heteroatoms. The Labute approximate surface area is 223 Å². The van der Waals surface area contributed by atoms with Gasteiger partial charge in [0.2, 0.25) is 0 Å². The molecule has 0 radical (unpaired) electrons. The molecule has 2 heterocycles. The van der Waals surface area contributed by atoms with Gasteiger partial charge in [0, 0.05) is 36.9 Å². The average Bonchev–Trinajstić information content (AvgIpc) is 3.26. The summed E-state index contributed by atoms with van der Waals surface area (Å²) in [6.07, 6.45) is 7.72. The van der Waals surface area contributed by atoms with Crippen LogP contribution in [0.5, 0.6) is 0 Å². The molecule has 0 spiro atoms. The maximum Gasteiger partial charge on any atom is 0.275 e. The van der Waals surface area contributed by atoms with Crippen LogP contribution in [-0.2, 0) is 24.3 Å². The highest BCUT2D eigenvalue weighted by Gasteiger charge is 2.28. The predicted molar refractivity (Wildman–Crippen MR) is 153 cm³/mol. The Bertz CT molecular complexity index is 1460. The van der Waals surface area contributed by atoms with Gasteiger partial charge in [0.1, 0.15) is 12.4 Å². The van der Waals surface area contributed by atoms with E-state index in [1.807, 2.05) is 22.3 Å². The van der Waals surface area contributed by atoms with Crippen LogP contribution in [0, 0.1) is 0 Å². The fourth-order valence-corrected chi connectivity index (χ4v) is 6.66. The van der Waals surface area contributed by atoms with Gasteiger partial charge in [-0.15, -0.1) is 11.3 Å². The molecule has 2 aromatic carbocycles. The zero-order valence-electron chi connectivity index (χ0n) is 21.8. The van der Waals surface area contributed by atoms with Gasteiger partial charge in [-0.05, 0) is 67.0 Å². The standard InChI is InChI=1S/C29H34N4O2SSi/c1-37(2,3)12-11-35-18-33-27-15-25(31-28(34)26-17-36-29(32-26)20-8-9-20)24(14-23(27)16-30-33)22-10-7-19-5-4-6-21(19)13-22/h7,10,13-17,20H,4-6,8-9,11-12,18H2,1-3H3,(H,31,34). The van der Waals surface area contributed by atoms with Crippen molar-refractivity contribution in [2.24, 2.45) is 0 Å². The largest absolute Gasteiger partial charge is 0.360 e. The van der Waals surface area contributed by atoms with E-state index in [2.05, 4.69) is 59.3 Å². The minimum atomic E-state index is -1.15.